The predicted octanol–water partition coefficient (Wildman–Crippen LogP) is 3.13. The maximum absolute atomic E-state index is 3.50. The zero-order chi connectivity index (χ0) is 12.9. The van der Waals surface area contributed by atoms with Gasteiger partial charge in [-0.15, -0.1) is 0 Å². The predicted molar refractivity (Wildman–Crippen MR) is 76.4 cm³/mol. The zero-order valence-electron chi connectivity index (χ0n) is 12.6. The van der Waals surface area contributed by atoms with Gasteiger partial charge < -0.3 is 5.32 Å². The fourth-order valence-corrected chi connectivity index (χ4v) is 2.97. The first-order valence-corrected chi connectivity index (χ1v) is 7.43. The second-order valence-corrected chi connectivity index (χ2v) is 6.55. The van der Waals surface area contributed by atoms with Crippen LogP contribution in [0.25, 0.3) is 0 Å². The maximum atomic E-state index is 3.50. The smallest absolute Gasteiger partial charge is 0.0218 e. The normalized spacial score (nSPS) is 21.7. The minimum Gasteiger partial charge on any atom is -0.315 e. The first-order valence-electron chi connectivity index (χ1n) is 7.43. The van der Waals surface area contributed by atoms with E-state index in [0.717, 1.165) is 25.0 Å². The van der Waals surface area contributed by atoms with Gasteiger partial charge in [-0.25, -0.2) is 0 Å². The molecule has 2 heteroatoms. The van der Waals surface area contributed by atoms with E-state index in [1.54, 1.807) is 0 Å². The molecule has 0 aromatic heterocycles. The van der Waals surface area contributed by atoms with E-state index >= 15 is 0 Å². The SMILES string of the molecule is CCNCC(CC)N1CCC(C(C)(C)C)CC1. The van der Waals surface area contributed by atoms with E-state index in [1.807, 2.05) is 0 Å². The van der Waals surface area contributed by atoms with Gasteiger partial charge in [-0.2, -0.15) is 0 Å². The zero-order valence-corrected chi connectivity index (χ0v) is 12.6. The van der Waals surface area contributed by atoms with Crippen LogP contribution in [0.5, 0.6) is 0 Å². The summed E-state index contributed by atoms with van der Waals surface area (Å²) in [5.41, 5.74) is 0.496. The summed E-state index contributed by atoms with van der Waals surface area (Å²) in [6.45, 7) is 16.5. The fraction of sp³-hybridized carbons (Fsp3) is 1.00. The summed E-state index contributed by atoms with van der Waals surface area (Å²) >= 11 is 0. The highest BCUT2D eigenvalue weighted by molar-refractivity contribution is 4.84. The highest BCUT2D eigenvalue weighted by Gasteiger charge is 2.30. The van der Waals surface area contributed by atoms with Crippen LogP contribution >= 0.6 is 0 Å². The second-order valence-electron chi connectivity index (χ2n) is 6.55. The van der Waals surface area contributed by atoms with Crippen molar-refractivity contribution in [1.29, 1.82) is 0 Å². The van der Waals surface area contributed by atoms with Crippen LogP contribution in [-0.2, 0) is 0 Å². The summed E-state index contributed by atoms with van der Waals surface area (Å²) in [5.74, 6) is 0.912. The lowest BCUT2D eigenvalue weighted by Crippen LogP contribution is -2.47. The molecule has 0 aromatic rings. The van der Waals surface area contributed by atoms with Gasteiger partial charge in [0.25, 0.3) is 0 Å². The van der Waals surface area contributed by atoms with E-state index < -0.39 is 0 Å². The third-order valence-electron chi connectivity index (χ3n) is 4.37. The van der Waals surface area contributed by atoms with Gasteiger partial charge in [0, 0.05) is 12.6 Å². The summed E-state index contributed by atoms with van der Waals surface area (Å²) in [7, 11) is 0. The molecule has 1 saturated heterocycles. The van der Waals surface area contributed by atoms with E-state index in [1.165, 1.54) is 32.4 Å². The Labute approximate surface area is 108 Å². The molecule has 0 spiro atoms. The molecule has 0 radical (unpaired) electrons. The summed E-state index contributed by atoms with van der Waals surface area (Å²) in [6, 6.07) is 0.746. The fourth-order valence-electron chi connectivity index (χ4n) is 2.97. The molecule has 0 saturated carbocycles. The average molecular weight is 240 g/mol. The van der Waals surface area contributed by atoms with E-state index in [9.17, 15) is 0 Å². The Bertz CT molecular complexity index is 199. The Morgan fingerprint density at radius 3 is 2.18 bits per heavy atom. The minimum atomic E-state index is 0.496. The molecule has 1 fully saturated rings. The van der Waals surface area contributed by atoms with E-state index in [2.05, 4.69) is 44.8 Å². The molecule has 1 rings (SSSR count). The van der Waals surface area contributed by atoms with Gasteiger partial charge >= 0.3 is 0 Å². The van der Waals surface area contributed by atoms with Crippen LogP contribution in [0.15, 0.2) is 0 Å². The molecule has 1 atom stereocenters. The molecular weight excluding hydrogens is 208 g/mol. The standard InChI is InChI=1S/C15H32N2/c1-6-14(12-16-7-2)17-10-8-13(9-11-17)15(3,4)5/h13-14,16H,6-12H2,1-5H3. The van der Waals surface area contributed by atoms with Gasteiger partial charge in [0.1, 0.15) is 0 Å². The van der Waals surface area contributed by atoms with E-state index in [4.69, 9.17) is 0 Å². The van der Waals surface area contributed by atoms with Crippen LogP contribution in [0, 0.1) is 11.3 Å². The van der Waals surface area contributed by atoms with Gasteiger partial charge in [0.2, 0.25) is 0 Å². The van der Waals surface area contributed by atoms with E-state index in [-0.39, 0.29) is 0 Å². The van der Waals surface area contributed by atoms with Crippen molar-refractivity contribution in [2.24, 2.45) is 11.3 Å². The molecular formula is C15H32N2. The number of rotatable bonds is 5. The molecule has 1 aliphatic heterocycles. The third-order valence-corrected chi connectivity index (χ3v) is 4.37. The number of piperidine rings is 1. The number of hydrogen-bond donors (Lipinski definition) is 1. The van der Waals surface area contributed by atoms with Gasteiger partial charge in [-0.05, 0) is 50.2 Å². The molecule has 1 aliphatic rings. The van der Waals surface area contributed by atoms with Crippen molar-refractivity contribution < 1.29 is 0 Å². The lowest BCUT2D eigenvalue weighted by Gasteiger charge is -2.41. The highest BCUT2D eigenvalue weighted by Crippen LogP contribution is 2.34. The number of likely N-dealkylation sites (N-methyl/N-ethyl adjacent to an activating group) is 1. The Morgan fingerprint density at radius 2 is 1.76 bits per heavy atom. The van der Waals surface area contributed by atoms with Gasteiger partial charge in [0.15, 0.2) is 0 Å². The van der Waals surface area contributed by atoms with Gasteiger partial charge in [-0.1, -0.05) is 34.6 Å². The largest absolute Gasteiger partial charge is 0.315 e. The van der Waals surface area contributed by atoms with Crippen molar-refractivity contribution in [1.82, 2.24) is 10.2 Å². The molecule has 102 valence electrons. The topological polar surface area (TPSA) is 15.3 Å². The number of nitrogens with zero attached hydrogens (tertiary/aromatic N) is 1. The van der Waals surface area contributed by atoms with Crippen LogP contribution in [0.4, 0.5) is 0 Å². The second kappa shape index (κ2) is 6.75. The van der Waals surface area contributed by atoms with Crippen molar-refractivity contribution in [2.45, 2.75) is 59.9 Å². The van der Waals surface area contributed by atoms with Crippen LogP contribution in [0.3, 0.4) is 0 Å². The van der Waals surface area contributed by atoms with Crippen LogP contribution in [0.1, 0.15) is 53.9 Å². The quantitative estimate of drug-likeness (QED) is 0.794. The molecule has 0 bridgehead atoms. The number of nitrogens with one attached hydrogen (secondary N) is 1. The first-order chi connectivity index (χ1) is 7.99. The Kier molecular flexibility index (Phi) is 5.94. The molecule has 0 aliphatic carbocycles. The number of hydrogen-bond acceptors (Lipinski definition) is 2. The molecule has 2 nitrogen and oxygen atoms in total. The molecule has 17 heavy (non-hydrogen) atoms. The van der Waals surface area contributed by atoms with Gasteiger partial charge in [0.05, 0.1) is 0 Å². The monoisotopic (exact) mass is 240 g/mol. The first kappa shape index (κ1) is 15.0. The van der Waals surface area contributed by atoms with Crippen LogP contribution in [-0.4, -0.2) is 37.1 Å². The lowest BCUT2D eigenvalue weighted by molar-refractivity contribution is 0.0807. The average Bonchev–Trinajstić information content (AvgIpc) is 2.29. The van der Waals surface area contributed by atoms with E-state index in [0.29, 0.717) is 5.41 Å². The van der Waals surface area contributed by atoms with Crippen LogP contribution < -0.4 is 5.32 Å². The maximum Gasteiger partial charge on any atom is 0.0218 e. The summed E-state index contributed by atoms with van der Waals surface area (Å²) in [6.07, 6.45) is 4.03. The molecule has 1 N–H and O–H groups in total. The van der Waals surface area contributed by atoms with Crippen molar-refractivity contribution >= 4 is 0 Å². The lowest BCUT2D eigenvalue weighted by atomic mass is 9.75. The summed E-state index contributed by atoms with van der Waals surface area (Å²) in [5, 5.41) is 3.50. The van der Waals surface area contributed by atoms with Crippen molar-refractivity contribution in [3.8, 4) is 0 Å². The van der Waals surface area contributed by atoms with Crippen LogP contribution in [0.2, 0.25) is 0 Å². The van der Waals surface area contributed by atoms with Gasteiger partial charge in [-0.3, -0.25) is 4.90 Å². The summed E-state index contributed by atoms with van der Waals surface area (Å²) in [4.78, 5) is 2.70. The Morgan fingerprint density at radius 1 is 1.18 bits per heavy atom. The molecule has 1 unspecified atom stereocenters. The highest BCUT2D eigenvalue weighted by atomic mass is 15.2. The molecule has 0 amide bonds. The van der Waals surface area contributed by atoms with Crippen molar-refractivity contribution in [3.63, 3.8) is 0 Å². The molecule has 1 heterocycles. The molecule has 0 aromatic carbocycles. The van der Waals surface area contributed by atoms with Crippen molar-refractivity contribution in [3.05, 3.63) is 0 Å². The number of likely N-dealkylation sites (tertiary alicyclic amines) is 1. The third kappa shape index (κ3) is 4.59. The Hall–Kier alpha value is -0.0800. The van der Waals surface area contributed by atoms with Crippen molar-refractivity contribution in [2.75, 3.05) is 26.2 Å². The minimum absolute atomic E-state index is 0.496. The Balaban J connectivity index is 2.39. The summed E-state index contributed by atoms with van der Waals surface area (Å²) < 4.78 is 0.